The summed E-state index contributed by atoms with van der Waals surface area (Å²) in [6.45, 7) is 14.0. The van der Waals surface area contributed by atoms with Crippen molar-refractivity contribution in [2.45, 2.75) is 46.5 Å². The molecule has 2 nitrogen and oxygen atoms in total. The van der Waals surface area contributed by atoms with Crippen LogP contribution in [0, 0.1) is 11.3 Å². The van der Waals surface area contributed by atoms with E-state index in [1.54, 1.807) is 0 Å². The molecule has 126 valence electrons. The van der Waals surface area contributed by atoms with Crippen LogP contribution >= 0.6 is 0 Å². The molecule has 0 spiro atoms. The predicted molar refractivity (Wildman–Crippen MR) is 99.5 cm³/mol. The first-order valence-electron chi connectivity index (χ1n) is 9.22. The van der Waals surface area contributed by atoms with Crippen LogP contribution in [0.25, 0.3) is 5.70 Å². The fraction of sp³-hybridized carbons (Fsp3) is 0.619. The second kappa shape index (κ2) is 6.68. The quantitative estimate of drug-likeness (QED) is 0.881. The van der Waals surface area contributed by atoms with Crippen molar-refractivity contribution < 1.29 is 0 Å². The summed E-state index contributed by atoms with van der Waals surface area (Å²) in [5.74, 6) is 1.52. The number of nitrogens with one attached hydrogen (secondary N) is 1. The highest BCUT2D eigenvalue weighted by Gasteiger charge is 2.24. The Morgan fingerprint density at radius 3 is 2.30 bits per heavy atom. The molecule has 2 aliphatic rings. The summed E-state index contributed by atoms with van der Waals surface area (Å²) < 4.78 is 0. The van der Waals surface area contributed by atoms with Gasteiger partial charge in [-0.2, -0.15) is 0 Å². The summed E-state index contributed by atoms with van der Waals surface area (Å²) in [5.41, 5.74) is 4.43. The SMILES string of the molecule is CC(C)CN1CCC(c2ccc(C3=CC(C)(C)CN3)cc2)CC1. The van der Waals surface area contributed by atoms with Gasteiger partial charge in [-0.05, 0) is 48.9 Å². The molecule has 2 aliphatic heterocycles. The van der Waals surface area contributed by atoms with Crippen molar-refractivity contribution in [3.63, 3.8) is 0 Å². The summed E-state index contributed by atoms with van der Waals surface area (Å²) in [6.07, 6.45) is 4.98. The molecule has 0 aliphatic carbocycles. The summed E-state index contributed by atoms with van der Waals surface area (Å²) in [5, 5.41) is 3.54. The topological polar surface area (TPSA) is 15.3 Å². The van der Waals surface area contributed by atoms with Crippen LogP contribution in [0.2, 0.25) is 0 Å². The number of rotatable bonds is 4. The van der Waals surface area contributed by atoms with Gasteiger partial charge in [0.25, 0.3) is 0 Å². The van der Waals surface area contributed by atoms with Gasteiger partial charge in [-0.3, -0.25) is 0 Å². The fourth-order valence-corrected chi connectivity index (χ4v) is 3.90. The Labute approximate surface area is 142 Å². The van der Waals surface area contributed by atoms with Crippen molar-refractivity contribution in [3.05, 3.63) is 41.5 Å². The number of hydrogen-bond donors (Lipinski definition) is 1. The van der Waals surface area contributed by atoms with E-state index in [1.807, 2.05) is 0 Å². The van der Waals surface area contributed by atoms with Gasteiger partial charge in [0.2, 0.25) is 0 Å². The molecule has 1 aromatic rings. The van der Waals surface area contributed by atoms with Crippen molar-refractivity contribution in [3.8, 4) is 0 Å². The molecular formula is C21H32N2. The number of likely N-dealkylation sites (tertiary alicyclic amines) is 1. The first-order valence-corrected chi connectivity index (χ1v) is 9.22. The first kappa shape index (κ1) is 16.6. The zero-order valence-corrected chi connectivity index (χ0v) is 15.2. The van der Waals surface area contributed by atoms with Crippen LogP contribution in [0.15, 0.2) is 30.3 Å². The molecule has 2 heteroatoms. The lowest BCUT2D eigenvalue weighted by molar-refractivity contribution is 0.192. The van der Waals surface area contributed by atoms with E-state index >= 15 is 0 Å². The normalized spacial score (nSPS) is 22.2. The van der Waals surface area contributed by atoms with E-state index in [0.29, 0.717) is 0 Å². The average molecular weight is 313 g/mol. The number of nitrogens with zero attached hydrogens (tertiary/aromatic N) is 1. The van der Waals surface area contributed by atoms with Gasteiger partial charge in [0.1, 0.15) is 0 Å². The predicted octanol–water partition coefficient (Wildman–Crippen LogP) is 4.49. The minimum Gasteiger partial charge on any atom is -0.384 e. The molecule has 3 rings (SSSR count). The Bertz CT molecular complexity index is 546. The minimum absolute atomic E-state index is 0.275. The van der Waals surface area contributed by atoms with Crippen LogP contribution in [0.5, 0.6) is 0 Å². The lowest BCUT2D eigenvalue weighted by Crippen LogP contribution is -2.35. The van der Waals surface area contributed by atoms with Gasteiger partial charge in [0, 0.05) is 24.2 Å². The molecule has 1 aromatic carbocycles. The number of piperidine rings is 1. The molecule has 1 N–H and O–H groups in total. The summed E-state index contributed by atoms with van der Waals surface area (Å²) in [4.78, 5) is 2.63. The molecule has 0 amide bonds. The van der Waals surface area contributed by atoms with Crippen LogP contribution in [0.3, 0.4) is 0 Å². The molecule has 0 bridgehead atoms. The van der Waals surface area contributed by atoms with Crippen LogP contribution in [0.4, 0.5) is 0 Å². The third-order valence-corrected chi connectivity index (χ3v) is 5.17. The van der Waals surface area contributed by atoms with Gasteiger partial charge in [-0.1, -0.05) is 58.0 Å². The van der Waals surface area contributed by atoms with Crippen LogP contribution in [0.1, 0.15) is 57.6 Å². The van der Waals surface area contributed by atoms with E-state index in [1.165, 1.54) is 49.3 Å². The maximum absolute atomic E-state index is 3.54. The Balaban J connectivity index is 1.60. The molecular weight excluding hydrogens is 280 g/mol. The first-order chi connectivity index (χ1) is 10.9. The molecule has 1 fully saturated rings. The standard InChI is InChI=1S/C21H32N2/c1-16(2)14-23-11-9-18(10-12-23)17-5-7-19(8-6-17)20-13-21(3,4)15-22-20/h5-8,13,16,18,22H,9-12,14-15H2,1-4H3. The summed E-state index contributed by atoms with van der Waals surface area (Å²) >= 11 is 0. The van der Waals surface area contributed by atoms with E-state index in [-0.39, 0.29) is 5.41 Å². The van der Waals surface area contributed by atoms with Gasteiger partial charge >= 0.3 is 0 Å². The highest BCUT2D eigenvalue weighted by atomic mass is 15.1. The molecule has 1 saturated heterocycles. The summed E-state index contributed by atoms with van der Waals surface area (Å²) in [6, 6.07) is 9.31. The molecule has 0 unspecified atom stereocenters. The van der Waals surface area contributed by atoms with Gasteiger partial charge in [0.15, 0.2) is 0 Å². The third-order valence-electron chi connectivity index (χ3n) is 5.17. The summed E-state index contributed by atoms with van der Waals surface area (Å²) in [7, 11) is 0. The van der Waals surface area contributed by atoms with Crippen molar-refractivity contribution in [1.82, 2.24) is 10.2 Å². The third kappa shape index (κ3) is 4.17. The van der Waals surface area contributed by atoms with Gasteiger partial charge in [-0.15, -0.1) is 0 Å². The Hall–Kier alpha value is -1.28. The second-order valence-electron chi connectivity index (χ2n) is 8.49. The van der Waals surface area contributed by atoms with Crippen molar-refractivity contribution in [1.29, 1.82) is 0 Å². The van der Waals surface area contributed by atoms with Gasteiger partial charge in [0.05, 0.1) is 0 Å². The van der Waals surface area contributed by atoms with E-state index in [0.717, 1.165) is 18.4 Å². The van der Waals surface area contributed by atoms with E-state index < -0.39 is 0 Å². The average Bonchev–Trinajstić information content (AvgIpc) is 2.88. The Kier molecular flexibility index (Phi) is 4.82. The minimum atomic E-state index is 0.275. The lowest BCUT2D eigenvalue weighted by atomic mass is 9.88. The number of hydrogen-bond acceptors (Lipinski definition) is 2. The zero-order chi connectivity index (χ0) is 16.4. The van der Waals surface area contributed by atoms with Crippen LogP contribution in [-0.2, 0) is 0 Å². The Morgan fingerprint density at radius 1 is 1.13 bits per heavy atom. The van der Waals surface area contributed by atoms with E-state index in [2.05, 4.69) is 68.3 Å². The second-order valence-corrected chi connectivity index (χ2v) is 8.49. The lowest BCUT2D eigenvalue weighted by Gasteiger charge is -2.33. The Morgan fingerprint density at radius 2 is 1.78 bits per heavy atom. The highest BCUT2D eigenvalue weighted by Crippen LogP contribution is 2.31. The maximum Gasteiger partial charge on any atom is 0.0379 e. The zero-order valence-electron chi connectivity index (χ0n) is 15.2. The largest absolute Gasteiger partial charge is 0.384 e. The fourth-order valence-electron chi connectivity index (χ4n) is 3.90. The monoisotopic (exact) mass is 312 g/mol. The van der Waals surface area contributed by atoms with Crippen LogP contribution in [-0.4, -0.2) is 31.1 Å². The van der Waals surface area contributed by atoms with Crippen molar-refractivity contribution in [2.24, 2.45) is 11.3 Å². The molecule has 23 heavy (non-hydrogen) atoms. The van der Waals surface area contributed by atoms with E-state index in [4.69, 9.17) is 0 Å². The van der Waals surface area contributed by atoms with Gasteiger partial charge < -0.3 is 10.2 Å². The van der Waals surface area contributed by atoms with Crippen molar-refractivity contribution in [2.75, 3.05) is 26.2 Å². The van der Waals surface area contributed by atoms with Crippen LogP contribution < -0.4 is 5.32 Å². The van der Waals surface area contributed by atoms with Gasteiger partial charge in [-0.25, -0.2) is 0 Å². The molecule has 0 aromatic heterocycles. The highest BCUT2D eigenvalue weighted by molar-refractivity contribution is 5.67. The smallest absolute Gasteiger partial charge is 0.0379 e. The molecule has 2 heterocycles. The molecule has 0 radical (unpaired) electrons. The van der Waals surface area contributed by atoms with E-state index in [9.17, 15) is 0 Å². The maximum atomic E-state index is 3.54. The van der Waals surface area contributed by atoms with Crippen molar-refractivity contribution >= 4 is 5.70 Å². The molecule has 0 atom stereocenters. The molecule has 0 saturated carbocycles. The number of benzene rings is 1.